The van der Waals surface area contributed by atoms with Gasteiger partial charge in [0.25, 0.3) is 0 Å². The topological polar surface area (TPSA) is 53.4 Å². The van der Waals surface area contributed by atoms with E-state index in [2.05, 4.69) is 16.8 Å². The number of pyridine rings is 1. The van der Waals surface area contributed by atoms with E-state index in [1.807, 2.05) is 19.1 Å². The highest BCUT2D eigenvalue weighted by molar-refractivity contribution is 5.75. The summed E-state index contributed by atoms with van der Waals surface area (Å²) in [4.78, 5) is 17.7. The van der Waals surface area contributed by atoms with Crippen molar-refractivity contribution in [2.45, 2.75) is 32.7 Å². The van der Waals surface area contributed by atoms with Gasteiger partial charge in [0, 0.05) is 25.0 Å². The number of rotatable bonds is 4. The fourth-order valence-electron chi connectivity index (χ4n) is 2.70. The second-order valence-corrected chi connectivity index (χ2v) is 5.12. The predicted octanol–water partition coefficient (Wildman–Crippen LogP) is 2.33. The molecule has 0 aliphatic carbocycles. The Hall–Kier alpha value is -1.42. The van der Waals surface area contributed by atoms with Crippen molar-refractivity contribution in [3.05, 3.63) is 30.1 Å². The summed E-state index contributed by atoms with van der Waals surface area (Å²) in [7, 11) is 0. The Morgan fingerprint density at radius 3 is 2.72 bits per heavy atom. The molecule has 0 amide bonds. The monoisotopic (exact) mass is 248 g/mol. The quantitative estimate of drug-likeness (QED) is 0.888. The van der Waals surface area contributed by atoms with Crippen LogP contribution in [0.25, 0.3) is 0 Å². The minimum Gasteiger partial charge on any atom is -0.481 e. The third-order valence-electron chi connectivity index (χ3n) is 4.25. The van der Waals surface area contributed by atoms with Crippen LogP contribution in [-0.4, -0.2) is 34.0 Å². The minimum atomic E-state index is -0.658. The molecule has 2 rings (SSSR count). The second kappa shape index (κ2) is 5.06. The van der Waals surface area contributed by atoms with Crippen LogP contribution in [0.2, 0.25) is 0 Å². The second-order valence-electron chi connectivity index (χ2n) is 5.12. The summed E-state index contributed by atoms with van der Waals surface area (Å²) in [5.74, 6) is -0.658. The Balaban J connectivity index is 2.11. The molecular weight excluding hydrogens is 228 g/mol. The molecule has 0 saturated carbocycles. The number of aliphatic carboxylic acids is 1. The molecular formula is C14H20N2O2. The SMILES string of the molecule is CCC1(C(=O)O)CCN(C(C)c2ccncc2)C1. The van der Waals surface area contributed by atoms with Crippen LogP contribution in [-0.2, 0) is 4.79 Å². The van der Waals surface area contributed by atoms with E-state index in [0.717, 1.165) is 13.0 Å². The van der Waals surface area contributed by atoms with Gasteiger partial charge in [-0.3, -0.25) is 14.7 Å². The number of hydrogen-bond donors (Lipinski definition) is 1. The van der Waals surface area contributed by atoms with Gasteiger partial charge in [0.1, 0.15) is 0 Å². The summed E-state index contributed by atoms with van der Waals surface area (Å²) >= 11 is 0. The van der Waals surface area contributed by atoms with Gasteiger partial charge >= 0.3 is 5.97 Å². The van der Waals surface area contributed by atoms with Gasteiger partial charge in [0.15, 0.2) is 0 Å². The lowest BCUT2D eigenvalue weighted by Gasteiger charge is -2.27. The maximum Gasteiger partial charge on any atom is 0.310 e. The van der Waals surface area contributed by atoms with Crippen molar-refractivity contribution in [3.63, 3.8) is 0 Å². The van der Waals surface area contributed by atoms with E-state index < -0.39 is 11.4 Å². The van der Waals surface area contributed by atoms with Crippen LogP contribution in [0, 0.1) is 5.41 Å². The first-order valence-electron chi connectivity index (χ1n) is 6.46. The molecule has 18 heavy (non-hydrogen) atoms. The zero-order valence-electron chi connectivity index (χ0n) is 11.0. The van der Waals surface area contributed by atoms with Crippen molar-refractivity contribution in [2.75, 3.05) is 13.1 Å². The standard InChI is InChI=1S/C14H20N2O2/c1-3-14(13(17)18)6-9-16(10-14)11(2)12-4-7-15-8-5-12/h4-5,7-8,11H,3,6,9-10H2,1-2H3,(H,17,18). The molecule has 2 heterocycles. The van der Waals surface area contributed by atoms with E-state index >= 15 is 0 Å². The van der Waals surface area contributed by atoms with Gasteiger partial charge < -0.3 is 5.11 Å². The Morgan fingerprint density at radius 2 is 2.22 bits per heavy atom. The molecule has 0 bridgehead atoms. The lowest BCUT2D eigenvalue weighted by molar-refractivity contribution is -0.148. The predicted molar refractivity (Wildman–Crippen MR) is 69.2 cm³/mol. The maximum absolute atomic E-state index is 11.4. The molecule has 1 fully saturated rings. The van der Waals surface area contributed by atoms with Crippen molar-refractivity contribution in [2.24, 2.45) is 5.41 Å². The van der Waals surface area contributed by atoms with Crippen molar-refractivity contribution in [3.8, 4) is 0 Å². The van der Waals surface area contributed by atoms with Gasteiger partial charge in [-0.2, -0.15) is 0 Å². The fraction of sp³-hybridized carbons (Fsp3) is 0.571. The molecule has 0 aromatic carbocycles. The smallest absolute Gasteiger partial charge is 0.310 e. The summed E-state index contributed by atoms with van der Waals surface area (Å²) in [6.07, 6.45) is 5.01. The Kier molecular flexibility index (Phi) is 3.66. The van der Waals surface area contributed by atoms with Crippen molar-refractivity contribution in [1.82, 2.24) is 9.88 Å². The molecule has 1 aliphatic heterocycles. The summed E-state index contributed by atoms with van der Waals surface area (Å²) < 4.78 is 0. The van der Waals surface area contributed by atoms with Gasteiger partial charge in [-0.15, -0.1) is 0 Å². The third-order valence-corrected chi connectivity index (χ3v) is 4.25. The van der Waals surface area contributed by atoms with Crippen LogP contribution in [0.4, 0.5) is 0 Å². The van der Waals surface area contributed by atoms with Crippen LogP contribution < -0.4 is 0 Å². The fourth-order valence-corrected chi connectivity index (χ4v) is 2.70. The van der Waals surface area contributed by atoms with Crippen LogP contribution in [0.5, 0.6) is 0 Å². The zero-order chi connectivity index (χ0) is 13.2. The van der Waals surface area contributed by atoms with Crippen molar-refractivity contribution < 1.29 is 9.90 Å². The van der Waals surface area contributed by atoms with E-state index in [1.165, 1.54) is 5.56 Å². The molecule has 0 radical (unpaired) electrons. The number of likely N-dealkylation sites (tertiary alicyclic amines) is 1. The number of carbonyl (C=O) groups is 1. The molecule has 2 atom stereocenters. The van der Waals surface area contributed by atoms with E-state index in [4.69, 9.17) is 0 Å². The number of hydrogen-bond acceptors (Lipinski definition) is 3. The molecule has 1 aliphatic rings. The van der Waals surface area contributed by atoms with Crippen LogP contribution in [0.1, 0.15) is 38.3 Å². The average Bonchev–Trinajstić information content (AvgIpc) is 2.84. The molecule has 1 aromatic heterocycles. The van der Waals surface area contributed by atoms with E-state index in [0.29, 0.717) is 13.0 Å². The highest BCUT2D eigenvalue weighted by Gasteiger charge is 2.44. The van der Waals surface area contributed by atoms with E-state index in [9.17, 15) is 9.90 Å². The van der Waals surface area contributed by atoms with Crippen molar-refractivity contribution in [1.29, 1.82) is 0 Å². The van der Waals surface area contributed by atoms with Gasteiger partial charge in [0.05, 0.1) is 5.41 Å². The first-order valence-corrected chi connectivity index (χ1v) is 6.46. The number of aromatic nitrogens is 1. The van der Waals surface area contributed by atoms with Gasteiger partial charge in [-0.1, -0.05) is 6.92 Å². The minimum absolute atomic E-state index is 0.251. The molecule has 98 valence electrons. The van der Waals surface area contributed by atoms with Crippen LogP contribution in [0.15, 0.2) is 24.5 Å². The van der Waals surface area contributed by atoms with Crippen LogP contribution in [0.3, 0.4) is 0 Å². The summed E-state index contributed by atoms with van der Waals surface area (Å²) in [6.45, 7) is 5.59. The summed E-state index contributed by atoms with van der Waals surface area (Å²) in [5, 5.41) is 9.40. The average molecular weight is 248 g/mol. The highest BCUT2D eigenvalue weighted by Crippen LogP contribution is 2.38. The molecule has 1 N–H and O–H groups in total. The number of nitrogens with zero attached hydrogens (tertiary/aromatic N) is 2. The molecule has 0 spiro atoms. The lowest BCUT2D eigenvalue weighted by Crippen LogP contribution is -2.35. The van der Waals surface area contributed by atoms with Gasteiger partial charge in [-0.25, -0.2) is 0 Å². The van der Waals surface area contributed by atoms with E-state index in [-0.39, 0.29) is 6.04 Å². The Labute approximate surface area is 108 Å². The molecule has 1 saturated heterocycles. The van der Waals surface area contributed by atoms with Gasteiger partial charge in [0.2, 0.25) is 0 Å². The number of carboxylic acid groups (broad SMARTS) is 1. The zero-order valence-corrected chi connectivity index (χ0v) is 11.0. The molecule has 2 unspecified atom stereocenters. The summed E-state index contributed by atoms with van der Waals surface area (Å²) in [6, 6.07) is 4.25. The maximum atomic E-state index is 11.4. The Bertz CT molecular complexity index is 421. The highest BCUT2D eigenvalue weighted by atomic mass is 16.4. The molecule has 4 nitrogen and oxygen atoms in total. The lowest BCUT2D eigenvalue weighted by atomic mass is 9.84. The molecule has 1 aromatic rings. The molecule has 4 heteroatoms. The first kappa shape index (κ1) is 13.0. The summed E-state index contributed by atoms with van der Waals surface area (Å²) in [5.41, 5.74) is 0.642. The third kappa shape index (κ3) is 2.25. The van der Waals surface area contributed by atoms with Gasteiger partial charge in [-0.05, 0) is 44.0 Å². The van der Waals surface area contributed by atoms with E-state index in [1.54, 1.807) is 12.4 Å². The largest absolute Gasteiger partial charge is 0.481 e. The van der Waals surface area contributed by atoms with Crippen molar-refractivity contribution >= 4 is 5.97 Å². The van der Waals surface area contributed by atoms with Crippen LogP contribution >= 0.6 is 0 Å². The Morgan fingerprint density at radius 1 is 1.56 bits per heavy atom. The number of carboxylic acids is 1. The normalized spacial score (nSPS) is 26.1. The first-order chi connectivity index (χ1) is 8.59.